The lowest BCUT2D eigenvalue weighted by atomic mass is 10.1. The van der Waals surface area contributed by atoms with Crippen LogP contribution in [0.1, 0.15) is 29.3 Å². The third-order valence-corrected chi connectivity index (χ3v) is 3.41. The molecule has 0 fully saturated rings. The zero-order valence-corrected chi connectivity index (χ0v) is 12.2. The van der Waals surface area contributed by atoms with Crippen LogP contribution in [0.15, 0.2) is 24.3 Å². The molecule has 0 aliphatic rings. The highest BCUT2D eigenvalue weighted by molar-refractivity contribution is 7.98. The summed E-state index contributed by atoms with van der Waals surface area (Å²) in [5, 5.41) is 3.03. The van der Waals surface area contributed by atoms with Crippen LogP contribution < -0.4 is 11.1 Å². The van der Waals surface area contributed by atoms with Crippen molar-refractivity contribution < 1.29 is 4.79 Å². The molecule has 0 aliphatic heterocycles. The number of hydrogen-bond donors (Lipinski definition) is 2. The van der Waals surface area contributed by atoms with Crippen molar-refractivity contribution in [2.24, 2.45) is 5.73 Å². The average molecular weight is 276 g/mol. The van der Waals surface area contributed by atoms with Crippen LogP contribution in [0.2, 0.25) is 0 Å². The van der Waals surface area contributed by atoms with Gasteiger partial charge in [0.05, 0.1) is 6.54 Å². The Morgan fingerprint density at radius 3 is 2.63 bits per heavy atom. The highest BCUT2D eigenvalue weighted by atomic mass is 32.2. The van der Waals surface area contributed by atoms with Crippen LogP contribution in [-0.2, 0) is 0 Å². The number of nitrogens with two attached hydrogens (primary N) is 1. The van der Waals surface area contributed by atoms with Gasteiger partial charge in [0.2, 0.25) is 0 Å². The Kier molecular flexibility index (Phi) is 7.09. The Balaban J connectivity index is 2.67. The van der Waals surface area contributed by atoms with E-state index < -0.39 is 0 Å². The lowest BCUT2D eigenvalue weighted by molar-refractivity contribution is 0.0940. The van der Waals surface area contributed by atoms with Crippen molar-refractivity contribution in [1.82, 2.24) is 5.32 Å². The molecule has 1 atom stereocenters. The maximum absolute atomic E-state index is 12.0. The summed E-state index contributed by atoms with van der Waals surface area (Å²) in [5.74, 6) is 6.62. The Bertz CT molecular complexity index is 459. The van der Waals surface area contributed by atoms with Gasteiger partial charge in [0.1, 0.15) is 0 Å². The molecular weight excluding hydrogens is 256 g/mol. The van der Waals surface area contributed by atoms with E-state index in [1.807, 2.05) is 18.4 Å². The van der Waals surface area contributed by atoms with E-state index in [-0.39, 0.29) is 11.9 Å². The molecule has 0 bridgehead atoms. The molecule has 0 spiro atoms. The predicted octanol–water partition coefficient (Wildman–Crippen LogP) is 1.87. The van der Waals surface area contributed by atoms with Gasteiger partial charge in [-0.25, -0.2) is 0 Å². The number of carbonyl (C=O) groups excluding carboxylic acids is 1. The first-order chi connectivity index (χ1) is 9.21. The number of carbonyl (C=O) groups is 1. The van der Waals surface area contributed by atoms with Crippen molar-refractivity contribution in [2.45, 2.75) is 19.4 Å². The van der Waals surface area contributed by atoms with Crippen LogP contribution in [0, 0.1) is 11.8 Å². The second-order valence-electron chi connectivity index (χ2n) is 4.12. The van der Waals surface area contributed by atoms with E-state index in [2.05, 4.69) is 24.1 Å². The molecule has 4 heteroatoms. The van der Waals surface area contributed by atoms with Gasteiger partial charge in [-0.2, -0.15) is 11.8 Å². The smallest absolute Gasteiger partial charge is 0.251 e. The molecule has 3 nitrogen and oxygen atoms in total. The molecule has 0 radical (unpaired) electrons. The highest BCUT2D eigenvalue weighted by Crippen LogP contribution is 2.06. The zero-order chi connectivity index (χ0) is 14.1. The molecule has 3 N–H and O–H groups in total. The van der Waals surface area contributed by atoms with Gasteiger partial charge in [-0.3, -0.25) is 4.79 Å². The minimum absolute atomic E-state index is 0.0285. The van der Waals surface area contributed by atoms with Gasteiger partial charge >= 0.3 is 0 Å². The van der Waals surface area contributed by atoms with Crippen LogP contribution in [-0.4, -0.2) is 30.5 Å². The number of amides is 1. The topological polar surface area (TPSA) is 55.1 Å². The summed E-state index contributed by atoms with van der Waals surface area (Å²) in [5.41, 5.74) is 6.85. The first-order valence-electron chi connectivity index (χ1n) is 6.30. The fourth-order valence-corrected chi connectivity index (χ4v) is 2.31. The molecule has 0 saturated heterocycles. The zero-order valence-electron chi connectivity index (χ0n) is 11.4. The second-order valence-corrected chi connectivity index (χ2v) is 5.03. The van der Waals surface area contributed by atoms with Crippen molar-refractivity contribution >= 4 is 17.7 Å². The summed E-state index contributed by atoms with van der Waals surface area (Å²) in [7, 11) is 0. The standard InChI is InChI=1S/C15H20N2OS/c1-3-14(11-19-2)17-15(18)13-8-6-12(7-9-13)5-4-10-16/h6-9,14H,3,10-11,16H2,1-2H3,(H,17,18). The Morgan fingerprint density at radius 2 is 2.11 bits per heavy atom. The van der Waals surface area contributed by atoms with Crippen LogP contribution >= 0.6 is 11.8 Å². The van der Waals surface area contributed by atoms with E-state index >= 15 is 0 Å². The molecule has 0 aliphatic carbocycles. The normalized spacial score (nSPS) is 11.3. The number of hydrogen-bond acceptors (Lipinski definition) is 3. The minimum atomic E-state index is -0.0285. The third kappa shape index (κ3) is 5.37. The first kappa shape index (κ1) is 15.6. The molecule has 0 aromatic heterocycles. The van der Waals surface area contributed by atoms with Crippen LogP contribution in [0.4, 0.5) is 0 Å². The van der Waals surface area contributed by atoms with Gasteiger partial charge < -0.3 is 11.1 Å². The number of thioether (sulfide) groups is 1. The summed E-state index contributed by atoms with van der Waals surface area (Å²) in [4.78, 5) is 12.0. The summed E-state index contributed by atoms with van der Waals surface area (Å²) in [6.45, 7) is 2.42. The summed E-state index contributed by atoms with van der Waals surface area (Å²) >= 11 is 1.74. The van der Waals surface area contributed by atoms with Crippen LogP contribution in [0.3, 0.4) is 0 Å². The molecule has 1 amide bonds. The number of benzene rings is 1. The van der Waals surface area contributed by atoms with E-state index in [1.54, 1.807) is 23.9 Å². The lowest BCUT2D eigenvalue weighted by Gasteiger charge is -2.15. The maximum Gasteiger partial charge on any atom is 0.251 e. The van der Waals surface area contributed by atoms with Gasteiger partial charge in [-0.05, 0) is 36.9 Å². The monoisotopic (exact) mass is 276 g/mol. The fraction of sp³-hybridized carbons (Fsp3) is 0.400. The molecule has 0 saturated carbocycles. The van der Waals surface area contributed by atoms with Gasteiger partial charge in [-0.15, -0.1) is 0 Å². The highest BCUT2D eigenvalue weighted by Gasteiger charge is 2.11. The summed E-state index contributed by atoms with van der Waals surface area (Å²) < 4.78 is 0. The van der Waals surface area contributed by atoms with Crippen molar-refractivity contribution in [2.75, 3.05) is 18.6 Å². The Morgan fingerprint density at radius 1 is 1.42 bits per heavy atom. The van der Waals surface area contributed by atoms with E-state index in [1.165, 1.54) is 0 Å². The van der Waals surface area contributed by atoms with Gasteiger partial charge in [0.15, 0.2) is 0 Å². The summed E-state index contributed by atoms with van der Waals surface area (Å²) in [6, 6.07) is 7.49. The maximum atomic E-state index is 12.0. The van der Waals surface area contributed by atoms with E-state index in [4.69, 9.17) is 5.73 Å². The van der Waals surface area contributed by atoms with Crippen molar-refractivity contribution in [3.8, 4) is 11.8 Å². The molecule has 0 heterocycles. The Labute approximate surface area is 119 Å². The predicted molar refractivity (Wildman–Crippen MR) is 82.3 cm³/mol. The van der Waals surface area contributed by atoms with E-state index in [0.717, 1.165) is 17.7 Å². The van der Waals surface area contributed by atoms with Gasteiger partial charge in [0.25, 0.3) is 5.91 Å². The minimum Gasteiger partial charge on any atom is -0.348 e. The first-order valence-corrected chi connectivity index (χ1v) is 7.69. The van der Waals surface area contributed by atoms with Crippen molar-refractivity contribution in [3.63, 3.8) is 0 Å². The average Bonchev–Trinajstić information content (AvgIpc) is 2.45. The molecule has 1 rings (SSSR count). The molecular formula is C15H20N2OS. The molecule has 102 valence electrons. The van der Waals surface area contributed by atoms with E-state index in [9.17, 15) is 4.79 Å². The fourth-order valence-electron chi connectivity index (χ4n) is 1.59. The lowest BCUT2D eigenvalue weighted by Crippen LogP contribution is -2.36. The summed E-state index contributed by atoms with van der Waals surface area (Å²) in [6.07, 6.45) is 2.98. The molecule has 19 heavy (non-hydrogen) atoms. The largest absolute Gasteiger partial charge is 0.348 e. The quantitative estimate of drug-likeness (QED) is 0.807. The van der Waals surface area contributed by atoms with Crippen molar-refractivity contribution in [1.29, 1.82) is 0 Å². The van der Waals surface area contributed by atoms with Crippen molar-refractivity contribution in [3.05, 3.63) is 35.4 Å². The Hall–Kier alpha value is -1.44. The van der Waals surface area contributed by atoms with Gasteiger partial charge in [0, 0.05) is 22.9 Å². The van der Waals surface area contributed by atoms with Gasteiger partial charge in [-0.1, -0.05) is 18.8 Å². The van der Waals surface area contributed by atoms with Crippen LogP contribution in [0.5, 0.6) is 0 Å². The second kappa shape index (κ2) is 8.63. The van der Waals surface area contributed by atoms with E-state index in [0.29, 0.717) is 12.1 Å². The number of nitrogens with one attached hydrogen (secondary N) is 1. The SMILES string of the molecule is CCC(CSC)NC(=O)c1ccc(C#CCN)cc1. The molecule has 1 aromatic rings. The molecule has 1 aromatic carbocycles. The molecule has 1 unspecified atom stereocenters. The third-order valence-electron chi connectivity index (χ3n) is 2.68. The number of rotatable bonds is 5. The van der Waals surface area contributed by atoms with Crippen LogP contribution in [0.25, 0.3) is 0 Å².